The van der Waals surface area contributed by atoms with E-state index in [1.165, 1.54) is 0 Å². The maximum atomic E-state index is 12.0. The first-order chi connectivity index (χ1) is 11.6. The fraction of sp³-hybridized carbons (Fsp3) is 0.188. The molecule has 0 saturated carbocycles. The summed E-state index contributed by atoms with van der Waals surface area (Å²) in [5.74, 6) is 0.863. The zero-order valence-electron chi connectivity index (χ0n) is 13.0. The number of aromatic nitrogens is 1. The third-order valence-electron chi connectivity index (χ3n) is 3.33. The van der Waals surface area contributed by atoms with Crippen molar-refractivity contribution in [1.29, 1.82) is 0 Å². The smallest absolute Gasteiger partial charge is 0.319 e. The molecule has 0 bridgehead atoms. The molecule has 124 valence electrons. The lowest BCUT2D eigenvalue weighted by atomic mass is 10.2. The number of urea groups is 1. The van der Waals surface area contributed by atoms with Crippen molar-refractivity contribution in [3.63, 3.8) is 0 Å². The number of methoxy groups -OCH3 is 1. The van der Waals surface area contributed by atoms with Crippen molar-refractivity contribution in [2.24, 2.45) is 0 Å². The van der Waals surface area contributed by atoms with Crippen molar-refractivity contribution < 1.29 is 19.1 Å². The Kier molecular flexibility index (Phi) is 4.46. The van der Waals surface area contributed by atoms with Crippen LogP contribution in [-0.2, 0) is 11.3 Å². The summed E-state index contributed by atoms with van der Waals surface area (Å²) in [7, 11) is 1.54. The summed E-state index contributed by atoms with van der Waals surface area (Å²) in [4.78, 5) is 27.3. The van der Waals surface area contributed by atoms with E-state index in [0.717, 1.165) is 5.56 Å². The fourth-order valence-electron chi connectivity index (χ4n) is 2.15. The molecule has 8 nitrogen and oxygen atoms in total. The summed E-state index contributed by atoms with van der Waals surface area (Å²) in [6, 6.07) is 8.21. The number of rotatable bonds is 4. The van der Waals surface area contributed by atoms with Crippen molar-refractivity contribution in [1.82, 2.24) is 10.3 Å². The second-order valence-electron chi connectivity index (χ2n) is 5.06. The lowest BCUT2D eigenvalue weighted by Gasteiger charge is -2.18. The molecule has 0 spiro atoms. The van der Waals surface area contributed by atoms with E-state index in [4.69, 9.17) is 9.47 Å². The Hall–Kier alpha value is -3.29. The average molecular weight is 328 g/mol. The van der Waals surface area contributed by atoms with Gasteiger partial charge in [0.1, 0.15) is 5.75 Å². The van der Waals surface area contributed by atoms with Crippen LogP contribution in [0.4, 0.5) is 16.2 Å². The molecule has 0 atom stereocenters. The molecule has 1 aromatic carbocycles. The van der Waals surface area contributed by atoms with Gasteiger partial charge in [0.25, 0.3) is 5.91 Å². The summed E-state index contributed by atoms with van der Waals surface area (Å²) in [6.07, 6.45) is 1.63. The highest BCUT2D eigenvalue weighted by Gasteiger charge is 2.16. The number of benzene rings is 1. The van der Waals surface area contributed by atoms with E-state index in [-0.39, 0.29) is 18.5 Å². The number of nitrogens with one attached hydrogen (secondary N) is 3. The van der Waals surface area contributed by atoms with E-state index < -0.39 is 0 Å². The Morgan fingerprint density at radius 3 is 3.00 bits per heavy atom. The first-order valence-corrected chi connectivity index (χ1v) is 7.24. The molecule has 3 rings (SSSR count). The number of amides is 3. The van der Waals surface area contributed by atoms with E-state index in [9.17, 15) is 9.59 Å². The number of carbonyl (C=O) groups excluding carboxylic acids is 2. The van der Waals surface area contributed by atoms with Crippen molar-refractivity contribution >= 4 is 23.3 Å². The Morgan fingerprint density at radius 1 is 1.38 bits per heavy atom. The van der Waals surface area contributed by atoms with Crippen molar-refractivity contribution in [2.75, 3.05) is 24.4 Å². The third-order valence-corrected chi connectivity index (χ3v) is 3.33. The van der Waals surface area contributed by atoms with E-state index in [2.05, 4.69) is 20.9 Å². The molecule has 0 saturated heterocycles. The van der Waals surface area contributed by atoms with Gasteiger partial charge in [0.05, 0.1) is 12.8 Å². The Morgan fingerprint density at radius 2 is 2.25 bits per heavy atom. The van der Waals surface area contributed by atoms with Crippen LogP contribution in [0.25, 0.3) is 0 Å². The van der Waals surface area contributed by atoms with Crippen molar-refractivity contribution in [3.05, 3.63) is 42.1 Å². The first-order valence-electron chi connectivity index (χ1n) is 7.24. The molecule has 2 heterocycles. The van der Waals surface area contributed by atoms with Crippen molar-refractivity contribution in [3.8, 4) is 11.6 Å². The highest BCUT2D eigenvalue weighted by Crippen LogP contribution is 2.30. The molecule has 1 aromatic heterocycles. The predicted octanol–water partition coefficient (Wildman–Crippen LogP) is 1.74. The van der Waals surface area contributed by atoms with Gasteiger partial charge in [-0.2, -0.15) is 0 Å². The molecule has 3 amide bonds. The maximum Gasteiger partial charge on any atom is 0.319 e. The standard InChI is InChI=1S/C16H16N4O4/c1-23-15-5-2-10(7-17-15)8-18-16(22)19-11-3-4-13-12(6-11)20-14(21)9-24-13/h2-7H,8-9H2,1H3,(H,20,21)(H2,18,19,22). The first kappa shape index (κ1) is 15.6. The maximum absolute atomic E-state index is 12.0. The Balaban J connectivity index is 1.56. The van der Waals surface area contributed by atoms with Gasteiger partial charge in [-0.3, -0.25) is 4.79 Å². The van der Waals surface area contributed by atoms with Crippen LogP contribution in [0.1, 0.15) is 5.56 Å². The SMILES string of the molecule is COc1ccc(CNC(=O)Nc2ccc3c(c2)NC(=O)CO3)cn1. The Labute approximate surface area is 138 Å². The summed E-state index contributed by atoms with van der Waals surface area (Å²) in [6.45, 7) is 0.323. The minimum atomic E-state index is -0.367. The van der Waals surface area contributed by atoms with Crippen LogP contribution in [0, 0.1) is 0 Å². The highest BCUT2D eigenvalue weighted by molar-refractivity contribution is 5.97. The molecule has 0 aliphatic carbocycles. The molecule has 3 N–H and O–H groups in total. The van der Waals surface area contributed by atoms with Crippen LogP contribution in [0.5, 0.6) is 11.6 Å². The highest BCUT2D eigenvalue weighted by atomic mass is 16.5. The summed E-state index contributed by atoms with van der Waals surface area (Å²) in [5.41, 5.74) is 1.92. The van der Waals surface area contributed by atoms with Crippen LogP contribution in [0.2, 0.25) is 0 Å². The van der Waals surface area contributed by atoms with Gasteiger partial charge in [0.15, 0.2) is 6.61 Å². The molecule has 0 unspecified atom stereocenters. The van der Waals surface area contributed by atoms with Crippen LogP contribution in [0.15, 0.2) is 36.5 Å². The molecule has 0 fully saturated rings. The predicted molar refractivity (Wildman–Crippen MR) is 87.2 cm³/mol. The summed E-state index contributed by atoms with van der Waals surface area (Å²) in [5, 5.41) is 8.11. The quantitative estimate of drug-likeness (QED) is 0.793. The number of anilines is 2. The number of pyridine rings is 1. The molecule has 24 heavy (non-hydrogen) atoms. The molecule has 1 aliphatic rings. The Bertz CT molecular complexity index is 761. The third kappa shape index (κ3) is 3.72. The van der Waals surface area contributed by atoms with Gasteiger partial charge >= 0.3 is 6.03 Å². The molecular formula is C16H16N4O4. The van der Waals surface area contributed by atoms with E-state index >= 15 is 0 Å². The summed E-state index contributed by atoms with van der Waals surface area (Å²) >= 11 is 0. The van der Waals surface area contributed by atoms with Crippen LogP contribution >= 0.6 is 0 Å². The van der Waals surface area contributed by atoms with Gasteiger partial charge in [-0.1, -0.05) is 6.07 Å². The number of hydrogen-bond acceptors (Lipinski definition) is 5. The number of hydrogen-bond donors (Lipinski definition) is 3. The molecule has 1 aliphatic heterocycles. The lowest BCUT2D eigenvalue weighted by molar-refractivity contribution is -0.118. The summed E-state index contributed by atoms with van der Waals surface area (Å²) < 4.78 is 10.2. The second-order valence-corrected chi connectivity index (χ2v) is 5.06. The van der Waals surface area contributed by atoms with Gasteiger partial charge in [-0.25, -0.2) is 9.78 Å². The minimum Gasteiger partial charge on any atom is -0.482 e. The molecule has 2 aromatic rings. The number of ether oxygens (including phenoxy) is 2. The second kappa shape index (κ2) is 6.86. The molecular weight excluding hydrogens is 312 g/mol. The number of fused-ring (bicyclic) bond motifs is 1. The largest absolute Gasteiger partial charge is 0.482 e. The van der Waals surface area contributed by atoms with Crippen LogP contribution in [-0.4, -0.2) is 30.6 Å². The normalized spacial score (nSPS) is 12.5. The van der Waals surface area contributed by atoms with Gasteiger partial charge in [-0.05, 0) is 23.8 Å². The van der Waals surface area contributed by atoms with Crippen LogP contribution in [0.3, 0.4) is 0 Å². The van der Waals surface area contributed by atoms with Gasteiger partial charge in [-0.15, -0.1) is 0 Å². The number of nitrogens with zero attached hydrogens (tertiary/aromatic N) is 1. The lowest BCUT2D eigenvalue weighted by Crippen LogP contribution is -2.29. The zero-order chi connectivity index (χ0) is 16.9. The zero-order valence-corrected chi connectivity index (χ0v) is 13.0. The average Bonchev–Trinajstić information content (AvgIpc) is 2.60. The van der Waals surface area contributed by atoms with E-state index in [1.807, 2.05) is 6.07 Å². The molecule has 8 heteroatoms. The van der Waals surface area contributed by atoms with E-state index in [1.54, 1.807) is 37.6 Å². The van der Waals surface area contributed by atoms with Gasteiger partial charge in [0.2, 0.25) is 5.88 Å². The topological polar surface area (TPSA) is 102 Å². The van der Waals surface area contributed by atoms with E-state index in [0.29, 0.717) is 29.5 Å². The van der Waals surface area contributed by atoms with Gasteiger partial charge < -0.3 is 25.4 Å². The van der Waals surface area contributed by atoms with Crippen LogP contribution < -0.4 is 25.4 Å². The fourth-order valence-corrected chi connectivity index (χ4v) is 2.15. The minimum absolute atomic E-state index is 0.00381. The molecule has 0 radical (unpaired) electrons. The van der Waals surface area contributed by atoms with Gasteiger partial charge in [0, 0.05) is 24.5 Å². The van der Waals surface area contributed by atoms with Crippen molar-refractivity contribution in [2.45, 2.75) is 6.54 Å². The number of carbonyl (C=O) groups is 2. The monoisotopic (exact) mass is 328 g/mol.